The van der Waals surface area contributed by atoms with Gasteiger partial charge in [0.05, 0.1) is 19.2 Å². The Bertz CT molecular complexity index is 801. The number of methoxy groups -OCH3 is 2. The quantitative estimate of drug-likeness (QED) is 0.508. The van der Waals surface area contributed by atoms with Gasteiger partial charge in [-0.15, -0.1) is 11.3 Å². The van der Waals surface area contributed by atoms with E-state index in [0.717, 1.165) is 67.2 Å². The molecule has 0 aliphatic carbocycles. The Balaban J connectivity index is 1.58. The van der Waals surface area contributed by atoms with E-state index in [-0.39, 0.29) is 0 Å². The molecule has 3 rings (SSSR count). The smallest absolute Gasteiger partial charge is 0.191 e. The summed E-state index contributed by atoms with van der Waals surface area (Å²) in [7, 11) is 3.36. The number of nitrogens with one attached hydrogen (secondary N) is 2. The molecule has 1 aromatic carbocycles. The van der Waals surface area contributed by atoms with Crippen molar-refractivity contribution in [2.45, 2.75) is 32.7 Å². The van der Waals surface area contributed by atoms with Crippen LogP contribution in [0, 0.1) is 6.92 Å². The van der Waals surface area contributed by atoms with Gasteiger partial charge in [-0.25, -0.2) is 4.98 Å². The van der Waals surface area contributed by atoms with Crippen LogP contribution in [0.15, 0.2) is 29.4 Å². The monoisotopic (exact) mass is 417 g/mol. The fourth-order valence-electron chi connectivity index (χ4n) is 3.38. The van der Waals surface area contributed by atoms with E-state index in [1.807, 2.05) is 12.3 Å². The van der Waals surface area contributed by atoms with Crippen LogP contribution in [0.5, 0.6) is 11.5 Å². The summed E-state index contributed by atoms with van der Waals surface area (Å²) in [5.74, 6) is 2.49. The van der Waals surface area contributed by atoms with Crippen molar-refractivity contribution < 1.29 is 9.47 Å². The number of aromatic nitrogens is 1. The average Bonchev–Trinajstić information content (AvgIpc) is 3.36. The fraction of sp³-hybridized carbons (Fsp3) is 0.524. The minimum atomic E-state index is 0.340. The van der Waals surface area contributed by atoms with E-state index < -0.39 is 0 Å². The Kier molecular flexibility index (Phi) is 7.57. The summed E-state index contributed by atoms with van der Waals surface area (Å²) in [6.07, 6.45) is 3.85. The van der Waals surface area contributed by atoms with Gasteiger partial charge in [0.15, 0.2) is 5.96 Å². The zero-order chi connectivity index (χ0) is 20.6. The highest BCUT2D eigenvalue weighted by Crippen LogP contribution is 2.30. The van der Waals surface area contributed by atoms with Crippen LogP contribution in [0.2, 0.25) is 0 Å². The van der Waals surface area contributed by atoms with Crippen LogP contribution in [-0.4, -0.2) is 57.4 Å². The van der Waals surface area contributed by atoms with Crippen LogP contribution in [0.25, 0.3) is 0 Å². The van der Waals surface area contributed by atoms with Crippen LogP contribution in [0.4, 0.5) is 5.69 Å². The van der Waals surface area contributed by atoms with E-state index in [1.165, 1.54) is 4.88 Å². The van der Waals surface area contributed by atoms with Crippen LogP contribution >= 0.6 is 11.3 Å². The molecule has 1 saturated heterocycles. The number of guanidine groups is 1. The first kappa shape index (κ1) is 21.2. The number of rotatable bonds is 8. The average molecular weight is 418 g/mol. The minimum Gasteiger partial charge on any atom is -0.497 e. The maximum absolute atomic E-state index is 5.41. The van der Waals surface area contributed by atoms with Gasteiger partial charge in [0.25, 0.3) is 0 Å². The molecular formula is C21H31N5O2S. The van der Waals surface area contributed by atoms with Gasteiger partial charge in [-0.05, 0) is 20.3 Å². The molecule has 1 fully saturated rings. The summed E-state index contributed by atoms with van der Waals surface area (Å²) in [6, 6.07) is 6.35. The predicted octanol–water partition coefficient (Wildman–Crippen LogP) is 2.85. The number of hydrogen-bond acceptors (Lipinski definition) is 6. The molecule has 1 aliphatic rings. The Hall–Kier alpha value is -2.48. The Morgan fingerprint density at radius 1 is 1.28 bits per heavy atom. The number of benzene rings is 1. The number of aliphatic imine (C=N–C) groups is 1. The Morgan fingerprint density at radius 3 is 2.66 bits per heavy atom. The zero-order valence-electron chi connectivity index (χ0n) is 17.7. The van der Waals surface area contributed by atoms with E-state index in [4.69, 9.17) is 14.5 Å². The maximum atomic E-state index is 5.41. The van der Waals surface area contributed by atoms with Gasteiger partial charge in [-0.2, -0.15) is 0 Å². The third-order valence-electron chi connectivity index (χ3n) is 4.84. The lowest BCUT2D eigenvalue weighted by Crippen LogP contribution is -2.44. The van der Waals surface area contributed by atoms with Gasteiger partial charge >= 0.3 is 0 Å². The second-order valence-corrected chi connectivity index (χ2v) is 8.34. The first-order valence-corrected chi connectivity index (χ1v) is 10.9. The summed E-state index contributed by atoms with van der Waals surface area (Å²) in [5.41, 5.74) is 1.12. The molecule has 2 heterocycles. The molecule has 0 radical (unpaired) electrons. The molecule has 2 N–H and O–H groups in total. The molecular weight excluding hydrogens is 386 g/mol. The van der Waals surface area contributed by atoms with Crippen molar-refractivity contribution in [3.63, 3.8) is 0 Å². The number of anilines is 1. The number of thiazole rings is 1. The molecule has 0 spiro atoms. The predicted molar refractivity (Wildman–Crippen MR) is 120 cm³/mol. The van der Waals surface area contributed by atoms with Crippen molar-refractivity contribution in [2.24, 2.45) is 4.99 Å². The van der Waals surface area contributed by atoms with E-state index in [9.17, 15) is 0 Å². The number of nitrogens with zero attached hydrogens (tertiary/aromatic N) is 3. The second-order valence-electron chi connectivity index (χ2n) is 7.02. The van der Waals surface area contributed by atoms with Gasteiger partial charge in [0.2, 0.25) is 0 Å². The summed E-state index contributed by atoms with van der Waals surface area (Å²) in [6.45, 7) is 7.63. The molecule has 1 aliphatic heterocycles. The molecule has 29 heavy (non-hydrogen) atoms. The third kappa shape index (κ3) is 6.00. The SMILES string of the molecule is CCNC(=NCCc1ncc(C)s1)NC1CCN(c2cc(OC)cc(OC)c2)C1. The maximum Gasteiger partial charge on any atom is 0.191 e. The minimum absolute atomic E-state index is 0.340. The Labute approximate surface area is 177 Å². The molecule has 1 atom stereocenters. The van der Waals surface area contributed by atoms with E-state index in [1.54, 1.807) is 25.6 Å². The van der Waals surface area contributed by atoms with Gasteiger partial charge in [0, 0.05) is 73.6 Å². The van der Waals surface area contributed by atoms with Crippen LogP contribution in [0.3, 0.4) is 0 Å². The number of hydrogen-bond donors (Lipinski definition) is 2. The van der Waals surface area contributed by atoms with Crippen molar-refractivity contribution in [1.82, 2.24) is 15.6 Å². The number of aryl methyl sites for hydroxylation is 1. The molecule has 1 aromatic heterocycles. The molecule has 0 amide bonds. The summed E-state index contributed by atoms with van der Waals surface area (Å²) in [5, 5.41) is 8.08. The highest BCUT2D eigenvalue weighted by molar-refractivity contribution is 7.11. The second kappa shape index (κ2) is 10.3. The van der Waals surface area contributed by atoms with Crippen molar-refractivity contribution in [1.29, 1.82) is 0 Å². The summed E-state index contributed by atoms with van der Waals surface area (Å²) < 4.78 is 10.8. The molecule has 7 nitrogen and oxygen atoms in total. The lowest BCUT2D eigenvalue weighted by atomic mass is 10.2. The highest BCUT2D eigenvalue weighted by Gasteiger charge is 2.24. The largest absolute Gasteiger partial charge is 0.497 e. The third-order valence-corrected chi connectivity index (χ3v) is 5.81. The van der Waals surface area contributed by atoms with E-state index in [2.05, 4.69) is 46.5 Å². The van der Waals surface area contributed by atoms with Crippen molar-refractivity contribution in [2.75, 3.05) is 45.3 Å². The Morgan fingerprint density at radius 2 is 2.03 bits per heavy atom. The van der Waals surface area contributed by atoms with Crippen molar-refractivity contribution >= 4 is 23.0 Å². The molecule has 158 valence electrons. The van der Waals surface area contributed by atoms with E-state index in [0.29, 0.717) is 6.04 Å². The lowest BCUT2D eigenvalue weighted by Gasteiger charge is -2.21. The zero-order valence-corrected chi connectivity index (χ0v) is 18.5. The first-order chi connectivity index (χ1) is 14.1. The fourth-order valence-corrected chi connectivity index (χ4v) is 4.16. The number of ether oxygens (including phenoxy) is 2. The normalized spacial score (nSPS) is 16.8. The van der Waals surface area contributed by atoms with Crippen LogP contribution in [0.1, 0.15) is 23.2 Å². The molecule has 8 heteroatoms. The topological polar surface area (TPSA) is 71.0 Å². The summed E-state index contributed by atoms with van der Waals surface area (Å²) >= 11 is 1.74. The summed E-state index contributed by atoms with van der Waals surface area (Å²) in [4.78, 5) is 12.7. The molecule has 0 bridgehead atoms. The van der Waals surface area contributed by atoms with Gasteiger partial charge in [0.1, 0.15) is 11.5 Å². The molecule has 2 aromatic rings. The highest BCUT2D eigenvalue weighted by atomic mass is 32.1. The standard InChI is InChI=1S/C21H31N5O2S/c1-5-22-21(23-8-6-20-24-13-15(2)29-20)25-16-7-9-26(14-16)17-10-18(27-3)12-19(11-17)28-4/h10-13,16H,5-9,14H2,1-4H3,(H2,22,23,25). The van der Waals surface area contributed by atoms with Crippen LogP contribution < -0.4 is 25.0 Å². The van der Waals surface area contributed by atoms with Crippen LogP contribution in [-0.2, 0) is 6.42 Å². The van der Waals surface area contributed by atoms with Gasteiger partial charge in [-0.1, -0.05) is 0 Å². The van der Waals surface area contributed by atoms with Crippen molar-refractivity contribution in [3.8, 4) is 11.5 Å². The van der Waals surface area contributed by atoms with Gasteiger partial charge < -0.3 is 25.0 Å². The first-order valence-electron chi connectivity index (χ1n) is 10.1. The lowest BCUT2D eigenvalue weighted by molar-refractivity contribution is 0.394. The van der Waals surface area contributed by atoms with Crippen molar-refractivity contribution in [3.05, 3.63) is 34.3 Å². The molecule has 0 saturated carbocycles. The molecule has 1 unspecified atom stereocenters. The van der Waals surface area contributed by atoms with E-state index >= 15 is 0 Å². The van der Waals surface area contributed by atoms with Gasteiger partial charge in [-0.3, -0.25) is 4.99 Å².